The summed E-state index contributed by atoms with van der Waals surface area (Å²) in [5, 5.41) is 11.4. The van der Waals surface area contributed by atoms with Gasteiger partial charge in [-0.2, -0.15) is 0 Å². The van der Waals surface area contributed by atoms with E-state index in [9.17, 15) is 14.7 Å². The Balaban J connectivity index is 1.85. The third-order valence-corrected chi connectivity index (χ3v) is 5.45. The van der Waals surface area contributed by atoms with Crippen molar-refractivity contribution in [2.45, 2.75) is 12.6 Å². The molecule has 2 aromatic carbocycles. The molecule has 6 nitrogen and oxygen atoms in total. The van der Waals surface area contributed by atoms with Crippen LogP contribution in [0.15, 0.2) is 78.6 Å². The second-order valence-electron chi connectivity index (χ2n) is 7.05. The SMILES string of the molecule is COc1ccc(/C(O)=C2/C(=O)C(=O)N(Cc3cccnc3)C2c2ccccc2)cc1Cl. The molecule has 1 atom stereocenters. The molecule has 4 rings (SSSR count). The van der Waals surface area contributed by atoms with Crippen LogP contribution in [0.25, 0.3) is 5.76 Å². The molecule has 1 saturated heterocycles. The third kappa shape index (κ3) is 3.90. The maximum Gasteiger partial charge on any atom is 0.295 e. The molecule has 2 heterocycles. The minimum atomic E-state index is -0.748. The molecule has 156 valence electrons. The largest absolute Gasteiger partial charge is 0.507 e. The summed E-state index contributed by atoms with van der Waals surface area (Å²) in [6, 6.07) is 16.7. The number of pyridine rings is 1. The second-order valence-corrected chi connectivity index (χ2v) is 7.46. The van der Waals surface area contributed by atoms with Crippen molar-refractivity contribution in [2.24, 2.45) is 0 Å². The van der Waals surface area contributed by atoms with Gasteiger partial charge in [-0.3, -0.25) is 14.6 Å². The number of likely N-dealkylation sites (tertiary alicyclic amines) is 1. The number of benzene rings is 2. The van der Waals surface area contributed by atoms with Crippen molar-refractivity contribution in [3.63, 3.8) is 0 Å². The highest BCUT2D eigenvalue weighted by molar-refractivity contribution is 6.46. The van der Waals surface area contributed by atoms with Crippen LogP contribution in [0.4, 0.5) is 0 Å². The molecule has 0 radical (unpaired) electrons. The lowest BCUT2D eigenvalue weighted by Gasteiger charge is -2.25. The molecule has 1 amide bonds. The Morgan fingerprint density at radius 3 is 2.55 bits per heavy atom. The lowest BCUT2D eigenvalue weighted by molar-refractivity contribution is -0.140. The average molecular weight is 435 g/mol. The summed E-state index contributed by atoms with van der Waals surface area (Å²) in [4.78, 5) is 31.5. The highest BCUT2D eigenvalue weighted by atomic mass is 35.5. The van der Waals surface area contributed by atoms with Crippen molar-refractivity contribution in [2.75, 3.05) is 7.11 Å². The summed E-state index contributed by atoms with van der Waals surface area (Å²) in [5.74, 6) is -1.28. The fourth-order valence-electron chi connectivity index (χ4n) is 3.68. The monoisotopic (exact) mass is 434 g/mol. The molecule has 7 heteroatoms. The van der Waals surface area contributed by atoms with Crippen molar-refractivity contribution >= 4 is 29.1 Å². The summed E-state index contributed by atoms with van der Waals surface area (Å²) in [6.07, 6.45) is 3.28. The van der Waals surface area contributed by atoms with Crippen molar-refractivity contribution in [1.82, 2.24) is 9.88 Å². The van der Waals surface area contributed by atoms with Crippen LogP contribution < -0.4 is 4.74 Å². The molecular formula is C24H19ClN2O4. The molecule has 3 aromatic rings. The number of halogens is 1. The number of carbonyl (C=O) groups is 2. The number of carbonyl (C=O) groups excluding carboxylic acids is 2. The van der Waals surface area contributed by atoms with E-state index in [1.807, 2.05) is 36.4 Å². The Hall–Kier alpha value is -3.64. The van der Waals surface area contributed by atoms with Gasteiger partial charge in [0.15, 0.2) is 0 Å². The number of hydrogen-bond acceptors (Lipinski definition) is 5. The Labute approximate surface area is 184 Å². The summed E-state index contributed by atoms with van der Waals surface area (Å²) in [5.41, 5.74) is 1.83. The quantitative estimate of drug-likeness (QED) is 0.366. The van der Waals surface area contributed by atoms with E-state index in [0.29, 0.717) is 16.9 Å². The van der Waals surface area contributed by atoms with Gasteiger partial charge < -0.3 is 14.7 Å². The minimum Gasteiger partial charge on any atom is -0.507 e. The van der Waals surface area contributed by atoms with Crippen molar-refractivity contribution in [1.29, 1.82) is 0 Å². The van der Waals surface area contributed by atoms with Gasteiger partial charge in [0.25, 0.3) is 11.7 Å². The fraction of sp³-hybridized carbons (Fsp3) is 0.125. The normalized spacial score (nSPS) is 17.7. The van der Waals surface area contributed by atoms with Crippen molar-refractivity contribution in [3.8, 4) is 5.75 Å². The van der Waals surface area contributed by atoms with Gasteiger partial charge in [-0.1, -0.05) is 48.0 Å². The number of aromatic nitrogens is 1. The summed E-state index contributed by atoms with van der Waals surface area (Å²) in [6.45, 7) is 0.179. The van der Waals surface area contributed by atoms with Gasteiger partial charge >= 0.3 is 0 Å². The molecule has 1 N–H and O–H groups in total. The van der Waals surface area contributed by atoms with E-state index in [1.54, 1.807) is 30.6 Å². The molecule has 31 heavy (non-hydrogen) atoms. The summed E-state index contributed by atoms with van der Waals surface area (Å²) in [7, 11) is 1.49. The minimum absolute atomic E-state index is 0.0151. The zero-order chi connectivity index (χ0) is 22.0. The Morgan fingerprint density at radius 1 is 1.13 bits per heavy atom. The van der Waals surface area contributed by atoms with Gasteiger partial charge in [0.05, 0.1) is 23.7 Å². The molecule has 1 aromatic heterocycles. The third-order valence-electron chi connectivity index (χ3n) is 5.16. The van der Waals surface area contributed by atoms with Crippen LogP contribution in [0, 0.1) is 0 Å². The summed E-state index contributed by atoms with van der Waals surface area (Å²) >= 11 is 6.21. The number of aliphatic hydroxyl groups excluding tert-OH is 1. The lowest BCUT2D eigenvalue weighted by atomic mass is 9.95. The lowest BCUT2D eigenvalue weighted by Crippen LogP contribution is -2.29. The number of rotatable bonds is 5. The van der Waals surface area contributed by atoms with Crippen LogP contribution in [-0.4, -0.2) is 33.8 Å². The highest BCUT2D eigenvalue weighted by Crippen LogP contribution is 2.40. The predicted molar refractivity (Wildman–Crippen MR) is 117 cm³/mol. The molecular weight excluding hydrogens is 416 g/mol. The van der Waals surface area contributed by atoms with Crippen LogP contribution in [0.2, 0.25) is 5.02 Å². The van der Waals surface area contributed by atoms with E-state index in [0.717, 1.165) is 5.56 Å². The zero-order valence-electron chi connectivity index (χ0n) is 16.7. The molecule has 0 aliphatic carbocycles. The zero-order valence-corrected chi connectivity index (χ0v) is 17.4. The number of nitrogens with zero attached hydrogens (tertiary/aromatic N) is 2. The maximum atomic E-state index is 13.0. The number of hydrogen-bond donors (Lipinski definition) is 1. The highest BCUT2D eigenvalue weighted by Gasteiger charge is 2.46. The van der Waals surface area contributed by atoms with Gasteiger partial charge in [0.2, 0.25) is 0 Å². The first kappa shape index (κ1) is 20.6. The van der Waals surface area contributed by atoms with E-state index in [-0.39, 0.29) is 22.9 Å². The van der Waals surface area contributed by atoms with E-state index in [1.165, 1.54) is 18.1 Å². The number of aliphatic hydroxyl groups is 1. The topological polar surface area (TPSA) is 79.7 Å². The number of amides is 1. The van der Waals surface area contributed by atoms with Gasteiger partial charge in [-0.15, -0.1) is 0 Å². The smallest absolute Gasteiger partial charge is 0.295 e. The van der Waals surface area contributed by atoms with Gasteiger partial charge in [-0.25, -0.2) is 0 Å². The van der Waals surface area contributed by atoms with Crippen molar-refractivity contribution < 1.29 is 19.4 Å². The van der Waals surface area contributed by atoms with Gasteiger partial charge in [0, 0.05) is 24.5 Å². The molecule has 1 aliphatic rings. The van der Waals surface area contributed by atoms with Crippen molar-refractivity contribution in [3.05, 3.63) is 100 Å². The fourth-order valence-corrected chi connectivity index (χ4v) is 3.94. The molecule has 1 unspecified atom stereocenters. The number of ketones is 1. The summed E-state index contributed by atoms with van der Waals surface area (Å²) < 4.78 is 5.15. The van der Waals surface area contributed by atoms with Crippen LogP contribution in [0.1, 0.15) is 22.7 Å². The second kappa shape index (κ2) is 8.62. The van der Waals surface area contributed by atoms with E-state index < -0.39 is 17.7 Å². The Morgan fingerprint density at radius 2 is 1.90 bits per heavy atom. The molecule has 0 spiro atoms. The molecule has 0 saturated carbocycles. The Bertz CT molecular complexity index is 1160. The Kier molecular flexibility index (Phi) is 5.73. The van der Waals surface area contributed by atoms with E-state index in [2.05, 4.69) is 4.98 Å². The standard InChI is InChI=1S/C24H19ClN2O4/c1-31-19-10-9-17(12-18(19)25)22(28)20-21(16-7-3-2-4-8-16)27(24(30)23(20)29)14-15-6-5-11-26-13-15/h2-13,21,28H,14H2,1H3/b22-20-. The van der Waals surface area contributed by atoms with Gasteiger partial charge in [-0.05, 0) is 35.4 Å². The van der Waals surface area contributed by atoms with E-state index >= 15 is 0 Å². The number of ether oxygens (including phenoxy) is 1. The average Bonchev–Trinajstić information content (AvgIpc) is 3.04. The van der Waals surface area contributed by atoms with Gasteiger partial charge in [0.1, 0.15) is 11.5 Å². The number of methoxy groups -OCH3 is 1. The molecule has 1 fully saturated rings. The van der Waals surface area contributed by atoms with E-state index in [4.69, 9.17) is 16.3 Å². The van der Waals surface area contributed by atoms with Crippen LogP contribution in [0.5, 0.6) is 5.75 Å². The number of Topliss-reactive ketones (excluding diaryl/α,β-unsaturated/α-hetero) is 1. The first-order chi connectivity index (χ1) is 15.0. The maximum absolute atomic E-state index is 13.0. The molecule has 1 aliphatic heterocycles. The molecule has 0 bridgehead atoms. The van der Waals surface area contributed by atoms with Crippen LogP contribution in [-0.2, 0) is 16.1 Å². The van der Waals surface area contributed by atoms with Crippen LogP contribution >= 0.6 is 11.6 Å². The van der Waals surface area contributed by atoms with Crippen LogP contribution in [0.3, 0.4) is 0 Å². The first-order valence-electron chi connectivity index (χ1n) is 9.57. The first-order valence-corrected chi connectivity index (χ1v) is 9.95. The predicted octanol–water partition coefficient (Wildman–Crippen LogP) is 4.37.